The van der Waals surface area contributed by atoms with Crippen molar-refractivity contribution in [3.05, 3.63) is 192 Å². The highest BCUT2D eigenvalue weighted by Crippen LogP contribution is 2.53. The van der Waals surface area contributed by atoms with Crippen LogP contribution in [0, 0.1) is 0 Å². The predicted molar refractivity (Wildman–Crippen MR) is 290 cm³/mol. The summed E-state index contributed by atoms with van der Waals surface area (Å²) in [5.74, 6) is 1.34. The number of anilines is 6. The number of fused-ring (bicyclic) bond motifs is 6. The van der Waals surface area contributed by atoms with Crippen LogP contribution in [0.15, 0.2) is 179 Å². The zero-order valence-corrected chi connectivity index (χ0v) is 40.2. The summed E-state index contributed by atoms with van der Waals surface area (Å²) in [6.07, 6.45) is 0. The van der Waals surface area contributed by atoms with Gasteiger partial charge in [0.1, 0.15) is 11.2 Å². The van der Waals surface area contributed by atoms with E-state index < -0.39 is 0 Å². The van der Waals surface area contributed by atoms with Gasteiger partial charge < -0.3 is 18.6 Å². The van der Waals surface area contributed by atoms with Gasteiger partial charge in [0.05, 0.1) is 22.7 Å². The third kappa shape index (κ3) is 6.48. The van der Waals surface area contributed by atoms with Gasteiger partial charge in [-0.05, 0) is 140 Å². The molecule has 0 aliphatic rings. The van der Waals surface area contributed by atoms with Crippen molar-refractivity contribution in [3.8, 4) is 0 Å². The molecule has 0 aliphatic carbocycles. The lowest BCUT2D eigenvalue weighted by Gasteiger charge is -2.31. The van der Waals surface area contributed by atoms with Crippen molar-refractivity contribution in [2.45, 2.75) is 79.1 Å². The maximum absolute atomic E-state index is 6.85. The molecule has 0 radical (unpaired) electrons. The number of hydrogen-bond donors (Lipinski definition) is 0. The first-order valence-corrected chi connectivity index (χ1v) is 24.4. The normalized spacial score (nSPS) is 12.4. The van der Waals surface area contributed by atoms with Crippen molar-refractivity contribution in [2.75, 3.05) is 9.80 Å². The first-order valence-electron chi connectivity index (χ1n) is 24.4. The van der Waals surface area contributed by atoms with Gasteiger partial charge in [-0.25, -0.2) is 0 Å². The van der Waals surface area contributed by atoms with Crippen LogP contribution in [0.25, 0.3) is 76.2 Å². The van der Waals surface area contributed by atoms with E-state index in [-0.39, 0.29) is 11.8 Å². The van der Waals surface area contributed by atoms with Crippen LogP contribution in [0.4, 0.5) is 34.1 Å². The van der Waals surface area contributed by atoms with Crippen molar-refractivity contribution in [2.24, 2.45) is 0 Å². The lowest BCUT2D eigenvalue weighted by atomic mass is 9.83. The first-order chi connectivity index (χ1) is 33.0. The Balaban J connectivity index is 1.20. The molecule has 4 heteroatoms. The molecule has 0 saturated heterocycles. The summed E-state index contributed by atoms with van der Waals surface area (Å²) >= 11 is 0. The molecule has 0 fully saturated rings. The lowest BCUT2D eigenvalue weighted by molar-refractivity contribution is 0.668. The molecule has 2 aromatic heterocycles. The van der Waals surface area contributed by atoms with E-state index in [9.17, 15) is 0 Å². The first kappa shape index (κ1) is 41.8. The van der Waals surface area contributed by atoms with Crippen LogP contribution in [-0.4, -0.2) is 0 Å². The van der Waals surface area contributed by atoms with Crippen LogP contribution in [0.1, 0.15) is 101 Å². The van der Waals surface area contributed by atoms with Gasteiger partial charge in [0.25, 0.3) is 0 Å². The second kappa shape index (κ2) is 16.1. The Morgan fingerprint density at radius 3 is 1.07 bits per heavy atom. The SMILES string of the molecule is CC(C)c1ccc(N(c2ccc3c(C(C)C)cc4c(N(c5ccc(C(C)C)cc5)c5cccc6c5oc5ccccc56)ccc5c(C(C)C)cc2c3c54)c2cccc3c2oc2ccccc23)cc1. The Bertz CT molecular complexity index is 3610. The largest absolute Gasteiger partial charge is 0.454 e. The van der Waals surface area contributed by atoms with Gasteiger partial charge in [-0.1, -0.05) is 152 Å². The van der Waals surface area contributed by atoms with Crippen LogP contribution in [0.2, 0.25) is 0 Å². The van der Waals surface area contributed by atoms with Crippen LogP contribution >= 0.6 is 0 Å². The third-order valence-electron chi connectivity index (χ3n) is 14.5. The van der Waals surface area contributed by atoms with E-state index in [1.165, 1.54) is 54.6 Å². The molecule has 2 heterocycles. The van der Waals surface area contributed by atoms with Crippen LogP contribution in [0.5, 0.6) is 0 Å². The lowest BCUT2D eigenvalue weighted by Crippen LogP contribution is -2.13. The molecule has 12 aromatic rings. The van der Waals surface area contributed by atoms with E-state index in [0.29, 0.717) is 11.8 Å². The Kier molecular flexibility index (Phi) is 9.88. The zero-order valence-electron chi connectivity index (χ0n) is 40.2. The summed E-state index contributed by atoms with van der Waals surface area (Å²) in [4.78, 5) is 4.90. The summed E-state index contributed by atoms with van der Waals surface area (Å²) in [5.41, 5.74) is 15.2. The minimum atomic E-state index is 0.256. The molecule has 12 rings (SSSR count). The monoisotopic (exact) mass is 884 g/mol. The molecular formula is C64H56N2O2. The summed E-state index contributed by atoms with van der Waals surface area (Å²) in [5, 5.41) is 12.0. The molecule has 334 valence electrons. The Morgan fingerprint density at radius 1 is 0.309 bits per heavy atom. The molecule has 4 nitrogen and oxygen atoms in total. The molecule has 0 N–H and O–H groups in total. The summed E-state index contributed by atoms with van der Waals surface area (Å²) in [6, 6.07) is 62.8. The van der Waals surface area contributed by atoms with Crippen molar-refractivity contribution in [1.29, 1.82) is 0 Å². The van der Waals surface area contributed by atoms with Crippen molar-refractivity contribution in [3.63, 3.8) is 0 Å². The number of rotatable bonds is 10. The molecule has 0 unspecified atom stereocenters. The molecule has 10 aromatic carbocycles. The van der Waals surface area contributed by atoms with Crippen molar-refractivity contribution in [1.82, 2.24) is 0 Å². The average molecular weight is 885 g/mol. The highest BCUT2D eigenvalue weighted by molar-refractivity contribution is 6.30. The van der Waals surface area contributed by atoms with Crippen LogP contribution in [-0.2, 0) is 0 Å². The highest BCUT2D eigenvalue weighted by Gasteiger charge is 2.28. The fourth-order valence-corrected chi connectivity index (χ4v) is 11.0. The van der Waals surface area contributed by atoms with E-state index in [4.69, 9.17) is 8.83 Å². The van der Waals surface area contributed by atoms with Crippen molar-refractivity contribution < 1.29 is 8.83 Å². The number of para-hydroxylation sites is 4. The van der Waals surface area contributed by atoms with Gasteiger partial charge in [-0.3, -0.25) is 0 Å². The molecule has 0 saturated carbocycles. The van der Waals surface area contributed by atoms with Crippen molar-refractivity contribution >= 4 is 110 Å². The van der Waals surface area contributed by atoms with Crippen LogP contribution < -0.4 is 9.80 Å². The van der Waals surface area contributed by atoms with E-state index in [1.807, 2.05) is 0 Å². The van der Waals surface area contributed by atoms with Gasteiger partial charge in [-0.15, -0.1) is 0 Å². The second-order valence-electron chi connectivity index (χ2n) is 20.0. The van der Waals surface area contributed by atoms with E-state index in [1.54, 1.807) is 0 Å². The number of furan rings is 2. The van der Waals surface area contributed by atoms with Crippen LogP contribution in [0.3, 0.4) is 0 Å². The fourth-order valence-electron chi connectivity index (χ4n) is 11.0. The molecule has 0 amide bonds. The Hall–Kier alpha value is -7.56. The maximum Gasteiger partial charge on any atom is 0.159 e. The summed E-state index contributed by atoms with van der Waals surface area (Å²) < 4.78 is 13.7. The second-order valence-corrected chi connectivity index (χ2v) is 20.0. The molecule has 0 aliphatic heterocycles. The Morgan fingerprint density at radius 2 is 0.691 bits per heavy atom. The predicted octanol–water partition coefficient (Wildman–Crippen LogP) is 19.8. The number of hydrogen-bond acceptors (Lipinski definition) is 4. The minimum absolute atomic E-state index is 0.256. The number of nitrogens with zero attached hydrogens (tertiary/aromatic N) is 2. The molecule has 68 heavy (non-hydrogen) atoms. The number of benzene rings is 10. The molecular weight excluding hydrogens is 829 g/mol. The van der Waals surface area contributed by atoms with Gasteiger partial charge in [0.15, 0.2) is 11.2 Å². The average Bonchev–Trinajstić information content (AvgIpc) is 3.93. The zero-order chi connectivity index (χ0) is 46.5. The minimum Gasteiger partial charge on any atom is -0.454 e. The van der Waals surface area contributed by atoms with Gasteiger partial charge >= 0.3 is 0 Å². The van der Waals surface area contributed by atoms with Gasteiger partial charge in [-0.2, -0.15) is 0 Å². The van der Waals surface area contributed by atoms with E-state index >= 15 is 0 Å². The Labute approximate surface area is 398 Å². The molecule has 0 bridgehead atoms. The van der Waals surface area contributed by atoms with E-state index in [2.05, 4.69) is 235 Å². The van der Waals surface area contributed by atoms with E-state index in [0.717, 1.165) is 78.0 Å². The quantitative estimate of drug-likeness (QED) is 0.128. The molecule has 0 spiro atoms. The topological polar surface area (TPSA) is 32.8 Å². The maximum atomic E-state index is 6.85. The third-order valence-corrected chi connectivity index (χ3v) is 14.5. The fraction of sp³-hybridized carbons (Fsp3) is 0.188. The molecule has 0 atom stereocenters. The summed E-state index contributed by atoms with van der Waals surface area (Å²) in [6.45, 7) is 18.4. The standard InChI is InChI=1S/C64H56N2O2/c1-37(2)41-23-27-43(28-24-41)65(57-19-13-17-49-45-15-9-11-21-59(45)67-63(49)57)55-33-31-47-52(40(7)8)36-54-56(34-32-48-51(39(5)6)35-53(55)61(47)62(48)54)66(44-29-25-42(26-30-44)38(3)4)58-20-14-18-50-46-16-10-12-22-60(46)68-64(50)58/h9-40H,1-8H3. The van der Waals surface area contributed by atoms with Gasteiger partial charge in [0.2, 0.25) is 0 Å². The smallest absolute Gasteiger partial charge is 0.159 e. The highest BCUT2D eigenvalue weighted by atomic mass is 16.3. The summed E-state index contributed by atoms with van der Waals surface area (Å²) in [7, 11) is 0. The van der Waals surface area contributed by atoms with Gasteiger partial charge in [0, 0.05) is 43.7 Å².